The number of anilines is 1. The summed E-state index contributed by atoms with van der Waals surface area (Å²) in [6.07, 6.45) is 1.07. The summed E-state index contributed by atoms with van der Waals surface area (Å²) in [5.74, 6) is 0.585. The fourth-order valence-electron chi connectivity index (χ4n) is 4.55. The van der Waals surface area contributed by atoms with E-state index in [9.17, 15) is 5.26 Å². The van der Waals surface area contributed by atoms with Crippen LogP contribution in [0.25, 0.3) is 22.4 Å². The van der Waals surface area contributed by atoms with Gasteiger partial charge in [0.05, 0.1) is 34.0 Å². The molecule has 0 N–H and O–H groups in total. The van der Waals surface area contributed by atoms with Crippen LogP contribution in [0.1, 0.15) is 42.3 Å². The molecule has 0 amide bonds. The first-order chi connectivity index (χ1) is 15.2. The molecule has 3 heterocycles. The highest BCUT2D eigenvalue weighted by Crippen LogP contribution is 2.45. The minimum absolute atomic E-state index is 0.416. The Morgan fingerprint density at radius 2 is 2.09 bits per heavy atom. The zero-order valence-electron chi connectivity index (χ0n) is 19.9. The van der Waals surface area contributed by atoms with Gasteiger partial charge in [-0.05, 0) is 53.8 Å². The lowest BCUT2D eigenvalue weighted by molar-refractivity contribution is 0.132. The van der Waals surface area contributed by atoms with E-state index in [1.165, 1.54) is 0 Å². The van der Waals surface area contributed by atoms with Crippen molar-refractivity contribution in [2.24, 2.45) is 0 Å². The number of ether oxygens (including phenoxy) is 1. The molecule has 3 aromatic rings. The third kappa shape index (κ3) is 3.79. The SMILES string of the molecule is COCC(C)(C)c1nc2c(C#N)c(C)c(-c3csc(C)n3)c(N3CCC(N(C)C)C3)c2o1. The van der Waals surface area contributed by atoms with Crippen LogP contribution >= 0.6 is 11.3 Å². The number of aromatic nitrogens is 2. The van der Waals surface area contributed by atoms with Crippen molar-refractivity contribution in [2.75, 3.05) is 45.8 Å². The predicted molar refractivity (Wildman–Crippen MR) is 129 cm³/mol. The number of thiazole rings is 1. The number of nitriles is 1. The maximum absolute atomic E-state index is 10.1. The van der Waals surface area contributed by atoms with Crippen LogP contribution in [-0.2, 0) is 10.2 Å². The summed E-state index contributed by atoms with van der Waals surface area (Å²) >= 11 is 1.62. The van der Waals surface area contributed by atoms with Crippen molar-refractivity contribution in [3.05, 3.63) is 27.4 Å². The molecule has 170 valence electrons. The lowest BCUT2D eigenvalue weighted by Crippen LogP contribution is -2.31. The Balaban J connectivity index is 2.02. The maximum atomic E-state index is 10.1. The molecule has 1 aromatic carbocycles. The number of rotatable bonds is 6. The van der Waals surface area contributed by atoms with Crippen LogP contribution in [0.3, 0.4) is 0 Å². The van der Waals surface area contributed by atoms with Gasteiger partial charge in [0.15, 0.2) is 5.58 Å². The highest BCUT2D eigenvalue weighted by molar-refractivity contribution is 7.09. The quantitative estimate of drug-likeness (QED) is 0.543. The van der Waals surface area contributed by atoms with E-state index in [2.05, 4.69) is 35.3 Å². The van der Waals surface area contributed by atoms with Gasteiger partial charge in [-0.3, -0.25) is 0 Å². The van der Waals surface area contributed by atoms with Gasteiger partial charge in [0, 0.05) is 37.2 Å². The second-order valence-corrected chi connectivity index (χ2v) is 10.5. The first kappa shape index (κ1) is 22.7. The summed E-state index contributed by atoms with van der Waals surface area (Å²) in [7, 11) is 5.92. The molecule has 0 saturated carbocycles. The van der Waals surface area contributed by atoms with E-state index in [1.54, 1.807) is 18.4 Å². The number of aryl methyl sites for hydroxylation is 1. The van der Waals surface area contributed by atoms with Gasteiger partial charge in [0.25, 0.3) is 0 Å². The Morgan fingerprint density at radius 3 is 2.66 bits per heavy atom. The van der Waals surface area contributed by atoms with Crippen LogP contribution < -0.4 is 4.90 Å². The van der Waals surface area contributed by atoms with Gasteiger partial charge in [-0.25, -0.2) is 9.97 Å². The lowest BCUT2D eigenvalue weighted by Gasteiger charge is -2.25. The van der Waals surface area contributed by atoms with E-state index in [1.807, 2.05) is 27.7 Å². The number of hydrogen-bond donors (Lipinski definition) is 0. The van der Waals surface area contributed by atoms with Crippen molar-refractivity contribution in [1.82, 2.24) is 14.9 Å². The first-order valence-corrected chi connectivity index (χ1v) is 11.8. The molecule has 0 aliphatic carbocycles. The van der Waals surface area contributed by atoms with Crippen LogP contribution in [0.15, 0.2) is 9.80 Å². The fourth-order valence-corrected chi connectivity index (χ4v) is 5.16. The molecule has 2 aromatic heterocycles. The maximum Gasteiger partial charge on any atom is 0.203 e. The molecule has 0 spiro atoms. The summed E-state index contributed by atoms with van der Waals surface area (Å²) < 4.78 is 11.9. The zero-order valence-corrected chi connectivity index (χ0v) is 20.8. The summed E-state index contributed by atoms with van der Waals surface area (Å²) in [6.45, 7) is 10.4. The number of fused-ring (bicyclic) bond motifs is 1. The molecule has 1 unspecified atom stereocenters. The predicted octanol–water partition coefficient (Wildman–Crippen LogP) is 4.50. The van der Waals surface area contributed by atoms with Crippen molar-refractivity contribution in [3.8, 4) is 17.3 Å². The molecular formula is C24H31N5O2S. The first-order valence-electron chi connectivity index (χ1n) is 10.9. The van der Waals surface area contributed by atoms with E-state index in [-0.39, 0.29) is 0 Å². The standard InChI is InChI=1S/C24H31N5O2S/c1-14-17(10-25)20-22(31-23(27-20)24(3,4)13-30-7)21(19(14)18-12-32-15(2)26-18)29-9-8-16(11-29)28(5)6/h12,16H,8-9,11,13H2,1-7H3. The normalized spacial score (nSPS) is 17.0. The lowest BCUT2D eigenvalue weighted by atomic mass is 9.95. The monoisotopic (exact) mass is 453 g/mol. The minimum Gasteiger partial charge on any atom is -0.438 e. The van der Waals surface area contributed by atoms with Gasteiger partial charge < -0.3 is 19.0 Å². The average molecular weight is 454 g/mol. The number of benzene rings is 1. The Hall–Kier alpha value is -2.47. The third-order valence-corrected chi connectivity index (χ3v) is 7.12. The molecule has 7 nitrogen and oxygen atoms in total. The van der Waals surface area contributed by atoms with Crippen LogP contribution in [0, 0.1) is 25.2 Å². The molecule has 0 bridgehead atoms. The molecule has 32 heavy (non-hydrogen) atoms. The second-order valence-electron chi connectivity index (χ2n) is 9.45. The van der Waals surface area contributed by atoms with Crippen LogP contribution in [0.2, 0.25) is 0 Å². The molecule has 4 rings (SSSR count). The molecule has 1 aliphatic heterocycles. The zero-order chi connectivity index (χ0) is 23.2. The Labute approximate surface area is 193 Å². The van der Waals surface area contributed by atoms with Crippen molar-refractivity contribution in [1.29, 1.82) is 5.26 Å². The summed E-state index contributed by atoms with van der Waals surface area (Å²) in [4.78, 5) is 14.3. The highest BCUT2D eigenvalue weighted by atomic mass is 32.1. The van der Waals surface area contributed by atoms with E-state index in [0.29, 0.717) is 35.2 Å². The van der Waals surface area contributed by atoms with E-state index in [0.717, 1.165) is 47.0 Å². The fraction of sp³-hybridized carbons (Fsp3) is 0.542. The van der Waals surface area contributed by atoms with Gasteiger partial charge in [-0.1, -0.05) is 0 Å². The third-order valence-electron chi connectivity index (χ3n) is 6.35. The molecule has 1 aliphatic rings. The Kier molecular flexibility index (Phi) is 6.01. The summed E-state index contributed by atoms with van der Waals surface area (Å²) in [5, 5.41) is 13.2. The van der Waals surface area contributed by atoms with Gasteiger partial charge >= 0.3 is 0 Å². The number of hydrogen-bond acceptors (Lipinski definition) is 8. The van der Waals surface area contributed by atoms with Crippen molar-refractivity contribution in [3.63, 3.8) is 0 Å². The summed E-state index contributed by atoms with van der Waals surface area (Å²) in [6, 6.07) is 2.85. The molecule has 8 heteroatoms. The van der Waals surface area contributed by atoms with E-state index in [4.69, 9.17) is 19.1 Å². The molecule has 0 radical (unpaired) electrons. The van der Waals surface area contributed by atoms with Crippen LogP contribution in [-0.4, -0.2) is 61.8 Å². The van der Waals surface area contributed by atoms with E-state index < -0.39 is 5.41 Å². The second kappa shape index (κ2) is 8.47. The molecule has 1 atom stereocenters. The number of oxazole rings is 1. The highest BCUT2D eigenvalue weighted by Gasteiger charge is 2.34. The molecule has 1 saturated heterocycles. The average Bonchev–Trinajstić information content (AvgIpc) is 3.46. The largest absolute Gasteiger partial charge is 0.438 e. The molecule has 1 fully saturated rings. The number of methoxy groups -OCH3 is 1. The van der Waals surface area contributed by atoms with Gasteiger partial charge in [0.1, 0.15) is 11.6 Å². The number of likely N-dealkylation sites (N-methyl/N-ethyl adjacent to an activating group) is 1. The van der Waals surface area contributed by atoms with E-state index >= 15 is 0 Å². The van der Waals surface area contributed by atoms with Crippen LogP contribution in [0.5, 0.6) is 0 Å². The van der Waals surface area contributed by atoms with Crippen molar-refractivity contribution >= 4 is 28.1 Å². The van der Waals surface area contributed by atoms with Crippen molar-refractivity contribution in [2.45, 2.75) is 45.6 Å². The smallest absolute Gasteiger partial charge is 0.203 e. The summed E-state index contributed by atoms with van der Waals surface area (Å²) in [5.41, 5.74) is 5.20. The number of nitrogens with zero attached hydrogens (tertiary/aromatic N) is 5. The topological polar surface area (TPSA) is 78.4 Å². The van der Waals surface area contributed by atoms with Gasteiger partial charge in [-0.15, -0.1) is 11.3 Å². The minimum atomic E-state index is -0.416. The Bertz CT molecular complexity index is 1190. The van der Waals surface area contributed by atoms with Gasteiger partial charge in [0.2, 0.25) is 5.89 Å². The van der Waals surface area contributed by atoms with Crippen molar-refractivity contribution < 1.29 is 9.15 Å². The molecular weight excluding hydrogens is 422 g/mol. The Morgan fingerprint density at radius 1 is 1.34 bits per heavy atom. The van der Waals surface area contributed by atoms with Gasteiger partial charge in [-0.2, -0.15) is 5.26 Å². The van der Waals surface area contributed by atoms with Crippen LogP contribution in [0.4, 0.5) is 5.69 Å².